The van der Waals surface area contributed by atoms with Gasteiger partial charge in [0.15, 0.2) is 6.10 Å². The molecule has 0 heterocycles. The Labute approximate surface area is 358 Å². The zero-order valence-corrected chi connectivity index (χ0v) is 38.0. The maximum Gasteiger partial charge on any atom is 0.306 e. The molecule has 0 aliphatic carbocycles. The number of hydrogen-bond acceptors (Lipinski definition) is 6. The lowest BCUT2D eigenvalue weighted by molar-refractivity contribution is -0.167. The van der Waals surface area contributed by atoms with Crippen molar-refractivity contribution in [1.29, 1.82) is 0 Å². The predicted octanol–water partition coefficient (Wildman–Crippen LogP) is 15.7. The fourth-order valence-electron chi connectivity index (χ4n) is 6.61. The normalized spacial score (nSPS) is 12.5. The second kappa shape index (κ2) is 46.8. The molecule has 0 amide bonds. The Morgan fingerprint density at radius 3 is 1.14 bits per heavy atom. The molecule has 0 aliphatic rings. The molecule has 0 spiro atoms. The van der Waals surface area contributed by atoms with Gasteiger partial charge in [0.05, 0.1) is 0 Å². The van der Waals surface area contributed by atoms with Crippen LogP contribution < -0.4 is 0 Å². The van der Waals surface area contributed by atoms with Crippen molar-refractivity contribution >= 4 is 17.9 Å². The standard InChI is InChI=1S/C52H90O6/c1-4-7-10-13-16-19-22-23-24-25-26-27-28-29-31-33-36-39-42-45-51(54)57-48-49(47-56-50(53)44-41-38-35-32-21-18-15-12-9-6-3)58-52(55)46-43-40-37-34-30-20-17-14-11-8-5-2/h7,10,12,15-16,19,23-24,26-27,49H,4-6,8-9,11,13-14,17-18,20-22,25,28-48H2,1-3H3/b10-7-,15-12-,19-16-,24-23-,27-26-. The lowest BCUT2D eigenvalue weighted by atomic mass is 10.1. The number of carbonyl (C=O) groups is 3. The highest BCUT2D eigenvalue weighted by Crippen LogP contribution is 2.14. The second-order valence-electron chi connectivity index (χ2n) is 16.0. The van der Waals surface area contributed by atoms with Gasteiger partial charge in [0.25, 0.3) is 0 Å². The largest absolute Gasteiger partial charge is 0.462 e. The van der Waals surface area contributed by atoms with Crippen molar-refractivity contribution in [2.75, 3.05) is 13.2 Å². The summed E-state index contributed by atoms with van der Waals surface area (Å²) in [6.45, 7) is 6.43. The van der Waals surface area contributed by atoms with Crippen LogP contribution in [0.1, 0.15) is 233 Å². The van der Waals surface area contributed by atoms with Crippen LogP contribution in [0, 0.1) is 0 Å². The average molecular weight is 811 g/mol. The van der Waals surface area contributed by atoms with E-state index in [1.54, 1.807) is 0 Å². The van der Waals surface area contributed by atoms with Gasteiger partial charge in [-0.15, -0.1) is 0 Å². The first-order chi connectivity index (χ1) is 28.5. The van der Waals surface area contributed by atoms with Crippen LogP contribution in [0.2, 0.25) is 0 Å². The molecule has 6 heteroatoms. The number of carbonyl (C=O) groups excluding carboxylic acids is 3. The minimum Gasteiger partial charge on any atom is -0.462 e. The Morgan fingerprint density at radius 1 is 0.362 bits per heavy atom. The molecule has 0 saturated carbocycles. The highest BCUT2D eigenvalue weighted by molar-refractivity contribution is 5.71. The summed E-state index contributed by atoms with van der Waals surface area (Å²) in [6.07, 6.45) is 56.3. The summed E-state index contributed by atoms with van der Waals surface area (Å²) < 4.78 is 16.7. The van der Waals surface area contributed by atoms with Crippen LogP contribution >= 0.6 is 0 Å². The Bertz CT molecular complexity index is 1070. The van der Waals surface area contributed by atoms with Crippen molar-refractivity contribution in [1.82, 2.24) is 0 Å². The summed E-state index contributed by atoms with van der Waals surface area (Å²) in [5.74, 6) is -0.906. The molecule has 0 aromatic carbocycles. The minimum absolute atomic E-state index is 0.0822. The summed E-state index contributed by atoms with van der Waals surface area (Å²) in [4.78, 5) is 37.8. The van der Waals surface area contributed by atoms with Gasteiger partial charge >= 0.3 is 17.9 Å². The van der Waals surface area contributed by atoms with E-state index in [2.05, 4.69) is 81.5 Å². The first-order valence-corrected chi connectivity index (χ1v) is 24.3. The van der Waals surface area contributed by atoms with Gasteiger partial charge in [-0.05, 0) is 77.0 Å². The van der Waals surface area contributed by atoms with Crippen molar-refractivity contribution in [2.45, 2.75) is 239 Å². The van der Waals surface area contributed by atoms with E-state index >= 15 is 0 Å². The van der Waals surface area contributed by atoms with Crippen LogP contribution in [0.5, 0.6) is 0 Å². The second-order valence-corrected chi connectivity index (χ2v) is 16.0. The first-order valence-electron chi connectivity index (χ1n) is 24.3. The van der Waals surface area contributed by atoms with Crippen molar-refractivity contribution in [3.8, 4) is 0 Å². The van der Waals surface area contributed by atoms with Crippen LogP contribution in [-0.4, -0.2) is 37.2 Å². The predicted molar refractivity (Wildman–Crippen MR) is 247 cm³/mol. The van der Waals surface area contributed by atoms with Gasteiger partial charge in [-0.25, -0.2) is 0 Å². The Hall–Kier alpha value is -2.89. The van der Waals surface area contributed by atoms with E-state index in [9.17, 15) is 14.4 Å². The molecule has 0 saturated heterocycles. The molecule has 0 fully saturated rings. The quantitative estimate of drug-likeness (QED) is 0.0264. The molecule has 0 rings (SSSR count). The molecular formula is C52H90O6. The van der Waals surface area contributed by atoms with E-state index in [0.29, 0.717) is 19.3 Å². The zero-order chi connectivity index (χ0) is 42.3. The summed E-state index contributed by atoms with van der Waals surface area (Å²) >= 11 is 0. The number of esters is 3. The van der Waals surface area contributed by atoms with Crippen molar-refractivity contribution in [2.24, 2.45) is 0 Å². The number of allylic oxidation sites excluding steroid dienone is 10. The van der Waals surface area contributed by atoms with E-state index in [-0.39, 0.29) is 31.1 Å². The number of unbranched alkanes of at least 4 members (excludes halogenated alkanes) is 22. The molecule has 0 N–H and O–H groups in total. The third-order valence-corrected chi connectivity index (χ3v) is 10.2. The maximum absolute atomic E-state index is 12.7. The molecule has 0 aliphatic heterocycles. The van der Waals surface area contributed by atoms with Gasteiger partial charge in [-0.1, -0.05) is 197 Å². The number of ether oxygens (including phenoxy) is 3. The zero-order valence-electron chi connectivity index (χ0n) is 38.0. The monoisotopic (exact) mass is 811 g/mol. The Balaban J connectivity index is 4.34. The summed E-state index contributed by atoms with van der Waals surface area (Å²) in [7, 11) is 0. The fourth-order valence-corrected chi connectivity index (χ4v) is 6.61. The minimum atomic E-state index is -0.779. The molecule has 1 unspecified atom stereocenters. The summed E-state index contributed by atoms with van der Waals surface area (Å²) in [5.41, 5.74) is 0. The van der Waals surface area contributed by atoms with E-state index in [1.165, 1.54) is 89.9 Å². The SMILES string of the molecule is CC/C=C\C/C=C\C/C=C\C/C=C\CCCCCCCCC(=O)OCC(COC(=O)CCCCCCC/C=C\CCC)OC(=O)CCCCCCCCCCCCC. The maximum atomic E-state index is 12.7. The van der Waals surface area contributed by atoms with Crippen molar-refractivity contribution in [3.05, 3.63) is 60.8 Å². The third-order valence-electron chi connectivity index (χ3n) is 10.2. The van der Waals surface area contributed by atoms with E-state index in [1.807, 2.05) is 0 Å². The molecule has 0 bridgehead atoms. The Morgan fingerprint density at radius 2 is 0.707 bits per heavy atom. The lowest BCUT2D eigenvalue weighted by Gasteiger charge is -2.18. The lowest BCUT2D eigenvalue weighted by Crippen LogP contribution is -2.30. The first kappa shape index (κ1) is 55.1. The van der Waals surface area contributed by atoms with Crippen molar-refractivity contribution in [3.63, 3.8) is 0 Å². The van der Waals surface area contributed by atoms with E-state index in [0.717, 1.165) is 103 Å². The molecule has 6 nitrogen and oxygen atoms in total. The summed E-state index contributed by atoms with van der Waals surface area (Å²) in [6, 6.07) is 0. The summed E-state index contributed by atoms with van der Waals surface area (Å²) in [5, 5.41) is 0. The number of hydrogen-bond donors (Lipinski definition) is 0. The highest BCUT2D eigenvalue weighted by Gasteiger charge is 2.19. The molecule has 0 aromatic rings. The molecule has 58 heavy (non-hydrogen) atoms. The molecule has 0 aromatic heterocycles. The van der Waals surface area contributed by atoms with Crippen LogP contribution in [0.3, 0.4) is 0 Å². The van der Waals surface area contributed by atoms with Crippen LogP contribution in [0.25, 0.3) is 0 Å². The van der Waals surface area contributed by atoms with Gasteiger partial charge in [0.1, 0.15) is 13.2 Å². The van der Waals surface area contributed by atoms with Gasteiger partial charge < -0.3 is 14.2 Å². The third kappa shape index (κ3) is 44.2. The fraction of sp³-hybridized carbons (Fsp3) is 0.750. The van der Waals surface area contributed by atoms with Gasteiger partial charge in [0.2, 0.25) is 0 Å². The molecule has 0 radical (unpaired) electrons. The molecule has 1 atom stereocenters. The van der Waals surface area contributed by atoms with Crippen molar-refractivity contribution < 1.29 is 28.6 Å². The average Bonchev–Trinajstić information content (AvgIpc) is 3.22. The van der Waals surface area contributed by atoms with Gasteiger partial charge in [-0.2, -0.15) is 0 Å². The van der Waals surface area contributed by atoms with E-state index in [4.69, 9.17) is 14.2 Å². The molecular weight excluding hydrogens is 721 g/mol. The van der Waals surface area contributed by atoms with Crippen LogP contribution in [-0.2, 0) is 28.6 Å². The highest BCUT2D eigenvalue weighted by atomic mass is 16.6. The smallest absolute Gasteiger partial charge is 0.306 e. The van der Waals surface area contributed by atoms with Crippen LogP contribution in [0.4, 0.5) is 0 Å². The Kier molecular flexibility index (Phi) is 44.5. The van der Waals surface area contributed by atoms with E-state index < -0.39 is 6.10 Å². The van der Waals surface area contributed by atoms with Gasteiger partial charge in [-0.3, -0.25) is 14.4 Å². The topological polar surface area (TPSA) is 78.9 Å². The van der Waals surface area contributed by atoms with Crippen LogP contribution in [0.15, 0.2) is 60.8 Å². The number of rotatable bonds is 43. The van der Waals surface area contributed by atoms with Gasteiger partial charge in [0, 0.05) is 19.3 Å². The molecule has 334 valence electrons.